The molecule has 2 aromatic carbocycles. The maximum Gasteiger partial charge on any atom is 0.260 e. The third-order valence-corrected chi connectivity index (χ3v) is 5.20. The van der Waals surface area contributed by atoms with Gasteiger partial charge in [0.15, 0.2) is 6.61 Å². The van der Waals surface area contributed by atoms with Crippen molar-refractivity contribution in [3.8, 4) is 5.75 Å². The van der Waals surface area contributed by atoms with Gasteiger partial charge < -0.3 is 19.3 Å². The van der Waals surface area contributed by atoms with Gasteiger partial charge in [-0.25, -0.2) is 0 Å². The molecule has 1 aliphatic rings. The quantitative estimate of drug-likeness (QED) is 0.712. The van der Waals surface area contributed by atoms with Gasteiger partial charge in [0.25, 0.3) is 5.91 Å². The number of hydrogen-bond acceptors (Lipinski definition) is 4. The Hall–Kier alpha value is -2.53. The first kappa shape index (κ1) is 20.2. The van der Waals surface area contributed by atoms with Gasteiger partial charge in [0.05, 0.1) is 10.7 Å². The molecule has 0 spiro atoms. The maximum atomic E-state index is 12.4. The molecule has 0 aliphatic carbocycles. The second kappa shape index (κ2) is 9.60. The van der Waals surface area contributed by atoms with E-state index in [2.05, 4.69) is 4.90 Å². The van der Waals surface area contributed by atoms with Crippen molar-refractivity contribution in [2.24, 2.45) is 0 Å². The summed E-state index contributed by atoms with van der Waals surface area (Å²) in [5, 5.41) is 0.734. The van der Waals surface area contributed by atoms with E-state index in [1.54, 1.807) is 6.92 Å². The smallest absolute Gasteiger partial charge is 0.260 e. The lowest BCUT2D eigenvalue weighted by atomic mass is 10.1. The summed E-state index contributed by atoms with van der Waals surface area (Å²) in [5.41, 5.74) is 2.10. The van der Waals surface area contributed by atoms with E-state index < -0.39 is 0 Å². The Morgan fingerprint density at radius 2 is 1.68 bits per heavy atom. The lowest BCUT2D eigenvalue weighted by molar-refractivity contribution is -0.133. The monoisotopic (exact) mass is 400 g/mol. The molecule has 1 saturated heterocycles. The number of piperazine rings is 1. The van der Waals surface area contributed by atoms with Crippen LogP contribution in [0.5, 0.6) is 5.75 Å². The molecule has 0 aromatic heterocycles. The minimum atomic E-state index is -0.0144. The third-order valence-electron chi connectivity index (χ3n) is 4.88. The highest BCUT2D eigenvalue weighted by molar-refractivity contribution is 6.33. The number of anilines is 1. The summed E-state index contributed by atoms with van der Waals surface area (Å²) in [4.78, 5) is 27.5. The molecule has 148 valence electrons. The topological polar surface area (TPSA) is 49.9 Å². The van der Waals surface area contributed by atoms with Crippen LogP contribution >= 0.6 is 11.6 Å². The molecule has 28 heavy (non-hydrogen) atoms. The molecule has 1 fully saturated rings. The Kier molecular flexibility index (Phi) is 6.93. The molecule has 1 amide bonds. The van der Waals surface area contributed by atoms with Gasteiger partial charge in [-0.2, -0.15) is 0 Å². The van der Waals surface area contributed by atoms with Crippen LogP contribution in [0, 0.1) is 0 Å². The Morgan fingerprint density at radius 3 is 2.32 bits per heavy atom. The number of carbonyl (C=O) groups excluding carboxylic acids is 2. The fourth-order valence-electron chi connectivity index (χ4n) is 3.21. The van der Waals surface area contributed by atoms with E-state index in [0.717, 1.165) is 35.8 Å². The van der Waals surface area contributed by atoms with Crippen LogP contribution in [-0.2, 0) is 16.0 Å². The average molecular weight is 401 g/mol. The zero-order chi connectivity index (χ0) is 19.9. The fraction of sp³-hybridized carbons (Fsp3) is 0.364. The molecule has 2 aromatic rings. The van der Waals surface area contributed by atoms with Crippen LogP contribution in [0.3, 0.4) is 0 Å². The van der Waals surface area contributed by atoms with Gasteiger partial charge in [-0.05, 0) is 43.2 Å². The molecule has 0 saturated carbocycles. The van der Waals surface area contributed by atoms with Crippen molar-refractivity contribution >= 4 is 29.0 Å². The van der Waals surface area contributed by atoms with Crippen molar-refractivity contribution in [3.63, 3.8) is 0 Å². The zero-order valence-corrected chi connectivity index (χ0v) is 16.8. The third kappa shape index (κ3) is 5.49. The van der Waals surface area contributed by atoms with Crippen molar-refractivity contribution in [2.75, 3.05) is 37.7 Å². The van der Waals surface area contributed by atoms with Crippen LogP contribution in [-0.4, -0.2) is 49.4 Å². The number of Topliss-reactive ketones (excluding diaryl/α,β-unsaturated/α-hetero) is 1. The van der Waals surface area contributed by atoms with E-state index in [9.17, 15) is 9.59 Å². The summed E-state index contributed by atoms with van der Waals surface area (Å²) >= 11 is 6.26. The van der Waals surface area contributed by atoms with Gasteiger partial charge in [-0.3, -0.25) is 4.79 Å². The Bertz CT molecular complexity index is 815. The number of aryl methyl sites for hydroxylation is 1. The van der Waals surface area contributed by atoms with E-state index in [4.69, 9.17) is 16.3 Å². The number of amides is 1. The standard InChI is InChI=1S/C22H25ClN2O3/c1-17(26)6-7-18-8-10-19(11-9-18)28-16-22(27)25-14-12-24(13-15-25)21-5-3-2-4-20(21)23/h2-5,8-11H,6-7,12-16H2,1H3. The lowest BCUT2D eigenvalue weighted by Crippen LogP contribution is -2.50. The fourth-order valence-corrected chi connectivity index (χ4v) is 3.47. The summed E-state index contributed by atoms with van der Waals surface area (Å²) < 4.78 is 5.64. The van der Waals surface area contributed by atoms with Gasteiger partial charge >= 0.3 is 0 Å². The average Bonchev–Trinajstić information content (AvgIpc) is 2.72. The summed E-state index contributed by atoms with van der Waals surface area (Å²) in [7, 11) is 0. The highest BCUT2D eigenvalue weighted by atomic mass is 35.5. The summed E-state index contributed by atoms with van der Waals surface area (Å²) in [6.45, 7) is 4.42. The van der Waals surface area contributed by atoms with Crippen LogP contribution in [0.15, 0.2) is 48.5 Å². The van der Waals surface area contributed by atoms with E-state index in [1.165, 1.54) is 0 Å². The first-order valence-electron chi connectivity index (χ1n) is 9.51. The molecule has 0 unspecified atom stereocenters. The summed E-state index contributed by atoms with van der Waals surface area (Å²) in [6.07, 6.45) is 1.27. The molecule has 0 bridgehead atoms. The molecule has 1 aliphatic heterocycles. The van der Waals surface area contributed by atoms with E-state index >= 15 is 0 Å². The Labute approximate surface area is 170 Å². The second-order valence-electron chi connectivity index (χ2n) is 6.95. The number of rotatable bonds is 7. The molecule has 5 nitrogen and oxygen atoms in total. The SMILES string of the molecule is CC(=O)CCc1ccc(OCC(=O)N2CCN(c3ccccc3Cl)CC2)cc1. The highest BCUT2D eigenvalue weighted by Gasteiger charge is 2.22. The molecular weight excluding hydrogens is 376 g/mol. The maximum absolute atomic E-state index is 12.4. The number of hydrogen-bond donors (Lipinski definition) is 0. The van der Waals surface area contributed by atoms with Crippen molar-refractivity contribution in [3.05, 3.63) is 59.1 Å². The van der Waals surface area contributed by atoms with Gasteiger partial charge in [-0.15, -0.1) is 0 Å². The number of para-hydroxylation sites is 1. The van der Waals surface area contributed by atoms with Crippen molar-refractivity contribution in [1.29, 1.82) is 0 Å². The summed E-state index contributed by atoms with van der Waals surface area (Å²) in [6, 6.07) is 15.3. The first-order chi connectivity index (χ1) is 13.5. The van der Waals surface area contributed by atoms with E-state index in [1.807, 2.05) is 53.4 Å². The number of benzene rings is 2. The van der Waals surface area contributed by atoms with E-state index in [-0.39, 0.29) is 18.3 Å². The molecule has 1 heterocycles. The van der Waals surface area contributed by atoms with Gasteiger partial charge in [0, 0.05) is 32.6 Å². The van der Waals surface area contributed by atoms with Crippen LogP contribution in [0.25, 0.3) is 0 Å². The van der Waals surface area contributed by atoms with Crippen molar-refractivity contribution in [1.82, 2.24) is 4.90 Å². The molecule has 0 atom stereocenters. The lowest BCUT2D eigenvalue weighted by Gasteiger charge is -2.36. The number of nitrogens with zero attached hydrogens (tertiary/aromatic N) is 2. The van der Waals surface area contributed by atoms with Gasteiger partial charge in [0.2, 0.25) is 0 Å². The molecular formula is C22H25ClN2O3. The minimum Gasteiger partial charge on any atom is -0.484 e. The molecule has 3 rings (SSSR count). The number of ketones is 1. The molecule has 0 radical (unpaired) electrons. The Balaban J connectivity index is 1.44. The highest BCUT2D eigenvalue weighted by Crippen LogP contribution is 2.26. The van der Waals surface area contributed by atoms with Gasteiger partial charge in [0.1, 0.15) is 11.5 Å². The minimum absolute atomic E-state index is 0.0144. The number of halogens is 1. The number of carbonyl (C=O) groups is 2. The van der Waals surface area contributed by atoms with E-state index in [0.29, 0.717) is 25.3 Å². The van der Waals surface area contributed by atoms with Crippen LogP contribution < -0.4 is 9.64 Å². The van der Waals surface area contributed by atoms with Crippen molar-refractivity contribution in [2.45, 2.75) is 19.8 Å². The van der Waals surface area contributed by atoms with Gasteiger partial charge in [-0.1, -0.05) is 35.9 Å². The second-order valence-corrected chi connectivity index (χ2v) is 7.36. The van der Waals surface area contributed by atoms with Crippen LogP contribution in [0.1, 0.15) is 18.9 Å². The first-order valence-corrected chi connectivity index (χ1v) is 9.89. The molecule has 0 N–H and O–H groups in total. The normalized spacial score (nSPS) is 14.1. The zero-order valence-electron chi connectivity index (χ0n) is 16.1. The van der Waals surface area contributed by atoms with Crippen LogP contribution in [0.2, 0.25) is 5.02 Å². The predicted octanol–water partition coefficient (Wildman–Crippen LogP) is 3.59. The summed E-state index contributed by atoms with van der Waals surface area (Å²) in [5.74, 6) is 0.828. The largest absolute Gasteiger partial charge is 0.484 e. The van der Waals surface area contributed by atoms with Crippen molar-refractivity contribution < 1.29 is 14.3 Å². The molecule has 6 heteroatoms. The van der Waals surface area contributed by atoms with Crippen LogP contribution in [0.4, 0.5) is 5.69 Å². The Morgan fingerprint density at radius 1 is 1.00 bits per heavy atom. The predicted molar refractivity (Wildman–Crippen MR) is 111 cm³/mol. The number of ether oxygens (including phenoxy) is 1.